The molecule has 0 heterocycles. The summed E-state index contributed by atoms with van der Waals surface area (Å²) in [5.74, 6) is 1.87. The van der Waals surface area contributed by atoms with Gasteiger partial charge in [-0.05, 0) is 93.1 Å². The monoisotopic (exact) mass is 434 g/mol. The molecule has 3 fully saturated rings. The Morgan fingerprint density at radius 3 is 1.55 bits per heavy atom. The van der Waals surface area contributed by atoms with Gasteiger partial charge in [-0.15, -0.1) is 0 Å². The fraction of sp³-hybridized carbons (Fsp3) is 0.778. The number of rotatable bonds is 9. The van der Waals surface area contributed by atoms with Crippen molar-refractivity contribution in [1.82, 2.24) is 0 Å². The van der Waals surface area contributed by atoms with E-state index in [1.54, 1.807) is 0 Å². The molecular weight excluding hydrogens is 394 g/mol. The van der Waals surface area contributed by atoms with Crippen LogP contribution in [0.3, 0.4) is 0 Å². The second-order valence-electron chi connectivity index (χ2n) is 10.5. The molecule has 0 saturated heterocycles. The molecule has 0 radical (unpaired) electrons. The molecule has 0 aliphatic heterocycles. The normalized spacial score (nSPS) is 29.4. The van der Waals surface area contributed by atoms with Gasteiger partial charge >= 0.3 is 0 Å². The Bertz CT molecular complexity index is 687. The summed E-state index contributed by atoms with van der Waals surface area (Å²) < 4.78 is 40.0. The standard InChI is InChI=1S/C27H40F2O2/c1-2-4-19-7-11-22(12-8-19)23-13-9-21(10-14-23)18-31-25-16-15-24(26(28)27(25)29)30-17-20-5-3-6-20/h15-16,19-23H,2-14,17-18H2,1H3. The molecule has 3 aliphatic rings. The smallest absolute Gasteiger partial charge is 0.204 e. The minimum absolute atomic E-state index is 0.00548. The SMILES string of the molecule is CCCC1CCC(C2CCC(COc3ccc(OCC4CCC4)c(F)c3F)CC2)CC1. The third-order valence-electron chi connectivity index (χ3n) is 8.33. The summed E-state index contributed by atoms with van der Waals surface area (Å²) in [5.41, 5.74) is 0. The number of hydrogen-bond acceptors (Lipinski definition) is 2. The van der Waals surface area contributed by atoms with Crippen molar-refractivity contribution in [2.24, 2.45) is 29.6 Å². The van der Waals surface area contributed by atoms with E-state index in [0.717, 1.165) is 43.4 Å². The summed E-state index contributed by atoms with van der Waals surface area (Å²) in [6.45, 7) is 3.25. The fourth-order valence-corrected chi connectivity index (χ4v) is 5.99. The van der Waals surface area contributed by atoms with Crippen LogP contribution in [0.15, 0.2) is 12.1 Å². The summed E-state index contributed by atoms with van der Waals surface area (Å²) in [6.07, 6.45) is 16.7. The lowest BCUT2D eigenvalue weighted by molar-refractivity contribution is 0.120. The highest BCUT2D eigenvalue weighted by Crippen LogP contribution is 2.42. The first-order valence-electron chi connectivity index (χ1n) is 12.9. The van der Waals surface area contributed by atoms with Crippen molar-refractivity contribution >= 4 is 0 Å². The minimum atomic E-state index is -0.917. The molecule has 0 bridgehead atoms. The van der Waals surface area contributed by atoms with Crippen LogP contribution in [0.1, 0.15) is 90.4 Å². The second-order valence-corrected chi connectivity index (χ2v) is 10.5. The van der Waals surface area contributed by atoms with Gasteiger partial charge in [0.15, 0.2) is 11.5 Å². The summed E-state index contributed by atoms with van der Waals surface area (Å²) in [5, 5.41) is 0. The predicted octanol–water partition coefficient (Wildman–Crippen LogP) is 7.94. The van der Waals surface area contributed by atoms with E-state index >= 15 is 0 Å². The Morgan fingerprint density at radius 1 is 0.677 bits per heavy atom. The maximum absolute atomic E-state index is 14.4. The van der Waals surface area contributed by atoms with Crippen molar-refractivity contribution in [3.8, 4) is 11.5 Å². The van der Waals surface area contributed by atoms with Crippen molar-refractivity contribution in [3.63, 3.8) is 0 Å². The van der Waals surface area contributed by atoms with Gasteiger partial charge in [-0.2, -0.15) is 8.78 Å². The highest BCUT2D eigenvalue weighted by atomic mass is 19.2. The lowest BCUT2D eigenvalue weighted by atomic mass is 9.69. The molecule has 0 atom stereocenters. The maximum Gasteiger partial charge on any atom is 0.204 e. The van der Waals surface area contributed by atoms with E-state index in [0.29, 0.717) is 25.0 Å². The quantitative estimate of drug-likeness (QED) is 0.393. The van der Waals surface area contributed by atoms with Gasteiger partial charge in [0.1, 0.15) is 0 Å². The maximum atomic E-state index is 14.4. The first kappa shape index (κ1) is 22.9. The van der Waals surface area contributed by atoms with Crippen molar-refractivity contribution in [2.75, 3.05) is 13.2 Å². The molecule has 1 aromatic carbocycles. The molecule has 3 saturated carbocycles. The summed E-state index contributed by atoms with van der Waals surface area (Å²) >= 11 is 0. The molecule has 174 valence electrons. The molecule has 4 heteroatoms. The van der Waals surface area contributed by atoms with Gasteiger partial charge in [0.05, 0.1) is 13.2 Å². The minimum Gasteiger partial charge on any atom is -0.490 e. The molecule has 31 heavy (non-hydrogen) atoms. The molecule has 2 nitrogen and oxygen atoms in total. The van der Waals surface area contributed by atoms with E-state index in [-0.39, 0.29) is 11.5 Å². The third kappa shape index (κ3) is 5.93. The van der Waals surface area contributed by atoms with Crippen LogP contribution in [0.5, 0.6) is 11.5 Å². The van der Waals surface area contributed by atoms with Crippen LogP contribution in [0.25, 0.3) is 0 Å². The predicted molar refractivity (Wildman–Crippen MR) is 120 cm³/mol. The van der Waals surface area contributed by atoms with Gasteiger partial charge in [0, 0.05) is 0 Å². The highest BCUT2D eigenvalue weighted by Gasteiger charge is 2.31. The van der Waals surface area contributed by atoms with E-state index in [4.69, 9.17) is 9.47 Å². The van der Waals surface area contributed by atoms with Crippen LogP contribution in [0, 0.1) is 41.2 Å². The van der Waals surface area contributed by atoms with Gasteiger partial charge in [0.25, 0.3) is 0 Å². The van der Waals surface area contributed by atoms with Crippen LogP contribution in [0.4, 0.5) is 8.78 Å². The second kappa shape index (κ2) is 11.0. The molecular formula is C27H40F2O2. The summed E-state index contributed by atoms with van der Waals surface area (Å²) in [4.78, 5) is 0. The van der Waals surface area contributed by atoms with E-state index in [1.807, 2.05) is 0 Å². The highest BCUT2D eigenvalue weighted by molar-refractivity contribution is 5.35. The molecule has 0 amide bonds. The topological polar surface area (TPSA) is 18.5 Å². The Kier molecular flexibility index (Phi) is 8.12. The van der Waals surface area contributed by atoms with Crippen molar-refractivity contribution < 1.29 is 18.3 Å². The van der Waals surface area contributed by atoms with E-state index < -0.39 is 11.6 Å². The zero-order chi connectivity index (χ0) is 21.6. The molecule has 0 N–H and O–H groups in total. The van der Waals surface area contributed by atoms with Gasteiger partial charge in [-0.25, -0.2) is 0 Å². The third-order valence-corrected chi connectivity index (χ3v) is 8.33. The molecule has 0 aromatic heterocycles. The molecule has 4 rings (SSSR count). The van der Waals surface area contributed by atoms with Crippen LogP contribution < -0.4 is 9.47 Å². The number of hydrogen-bond donors (Lipinski definition) is 0. The average molecular weight is 435 g/mol. The zero-order valence-electron chi connectivity index (χ0n) is 19.2. The fourth-order valence-electron chi connectivity index (χ4n) is 5.99. The van der Waals surface area contributed by atoms with Crippen LogP contribution in [0.2, 0.25) is 0 Å². The van der Waals surface area contributed by atoms with Crippen molar-refractivity contribution in [2.45, 2.75) is 90.4 Å². The first-order chi connectivity index (χ1) is 15.1. The lowest BCUT2D eigenvalue weighted by Crippen LogP contribution is -2.27. The number of benzene rings is 1. The number of ether oxygens (including phenoxy) is 2. The molecule has 0 spiro atoms. The van der Waals surface area contributed by atoms with Gasteiger partial charge < -0.3 is 9.47 Å². The summed E-state index contributed by atoms with van der Waals surface area (Å²) in [6, 6.07) is 3.03. The van der Waals surface area contributed by atoms with Gasteiger partial charge in [-0.3, -0.25) is 0 Å². The number of halogens is 2. The van der Waals surface area contributed by atoms with E-state index in [9.17, 15) is 8.78 Å². The van der Waals surface area contributed by atoms with Crippen LogP contribution in [-0.4, -0.2) is 13.2 Å². The van der Waals surface area contributed by atoms with Gasteiger partial charge in [-0.1, -0.05) is 39.0 Å². The Balaban J connectivity index is 1.19. The van der Waals surface area contributed by atoms with Crippen molar-refractivity contribution in [1.29, 1.82) is 0 Å². The van der Waals surface area contributed by atoms with Crippen molar-refractivity contribution in [3.05, 3.63) is 23.8 Å². The Morgan fingerprint density at radius 2 is 1.13 bits per heavy atom. The van der Waals surface area contributed by atoms with Gasteiger partial charge in [0.2, 0.25) is 11.6 Å². The van der Waals surface area contributed by atoms with E-state index in [1.165, 1.54) is 69.9 Å². The zero-order valence-corrected chi connectivity index (χ0v) is 19.2. The lowest BCUT2D eigenvalue weighted by Gasteiger charge is -2.37. The largest absolute Gasteiger partial charge is 0.490 e. The Hall–Kier alpha value is -1.32. The average Bonchev–Trinajstić information content (AvgIpc) is 2.76. The molecule has 3 aliphatic carbocycles. The Labute approximate surface area is 187 Å². The summed E-state index contributed by atoms with van der Waals surface area (Å²) in [7, 11) is 0. The van der Waals surface area contributed by atoms with Crippen LogP contribution in [-0.2, 0) is 0 Å². The van der Waals surface area contributed by atoms with E-state index in [2.05, 4.69) is 6.92 Å². The molecule has 1 aromatic rings. The van der Waals surface area contributed by atoms with Crippen LogP contribution >= 0.6 is 0 Å². The first-order valence-corrected chi connectivity index (χ1v) is 12.9. The molecule has 0 unspecified atom stereocenters.